The first-order valence-corrected chi connectivity index (χ1v) is 4.67. The number of halogens is 1. The van der Waals surface area contributed by atoms with E-state index in [0.29, 0.717) is 11.4 Å². The Balaban J connectivity index is 2.56. The van der Waals surface area contributed by atoms with E-state index in [0.717, 1.165) is 16.7 Å². The predicted molar refractivity (Wildman–Crippen MR) is 58.0 cm³/mol. The van der Waals surface area contributed by atoms with Gasteiger partial charge in [-0.1, -0.05) is 12.1 Å². The molecule has 4 heteroatoms. The van der Waals surface area contributed by atoms with E-state index in [1.165, 1.54) is 0 Å². The maximum absolute atomic E-state index is 12.5. The number of aryl methyl sites for hydroxylation is 1. The van der Waals surface area contributed by atoms with Gasteiger partial charge in [-0.25, -0.2) is 4.39 Å². The molecule has 78 valence electrons. The maximum Gasteiger partial charge on any atom is 0.126 e. The van der Waals surface area contributed by atoms with E-state index in [-0.39, 0.29) is 0 Å². The number of aromatic amines is 1. The lowest BCUT2D eigenvalue weighted by Gasteiger charge is -2.06. The predicted octanol–water partition coefficient (Wildman–Crippen LogP) is 2.44. The summed E-state index contributed by atoms with van der Waals surface area (Å²) in [5.74, 6) is 0.508. The Bertz CT molecular complexity index is 476. The van der Waals surface area contributed by atoms with Gasteiger partial charge < -0.3 is 5.73 Å². The van der Waals surface area contributed by atoms with Crippen molar-refractivity contribution in [3.05, 3.63) is 35.5 Å². The van der Waals surface area contributed by atoms with Gasteiger partial charge in [0.05, 0.1) is 6.20 Å². The molecule has 0 atom stereocenters. The Morgan fingerprint density at radius 1 is 1.40 bits per heavy atom. The van der Waals surface area contributed by atoms with Gasteiger partial charge in [0.1, 0.15) is 12.5 Å². The molecule has 0 aliphatic carbocycles. The molecule has 0 radical (unpaired) electrons. The smallest absolute Gasteiger partial charge is 0.126 e. The van der Waals surface area contributed by atoms with Gasteiger partial charge >= 0.3 is 0 Å². The average Bonchev–Trinajstić information content (AvgIpc) is 2.65. The Labute approximate surface area is 87.1 Å². The Kier molecular flexibility index (Phi) is 2.41. The second kappa shape index (κ2) is 3.73. The van der Waals surface area contributed by atoms with Crippen LogP contribution >= 0.6 is 0 Å². The van der Waals surface area contributed by atoms with Gasteiger partial charge in [0.25, 0.3) is 0 Å². The van der Waals surface area contributed by atoms with Crippen molar-refractivity contribution in [3.63, 3.8) is 0 Å². The second-order valence-electron chi connectivity index (χ2n) is 3.48. The minimum atomic E-state index is -0.467. The highest BCUT2D eigenvalue weighted by Gasteiger charge is 2.08. The first kappa shape index (κ1) is 9.71. The molecule has 2 aromatic rings. The number of aromatic nitrogens is 2. The van der Waals surface area contributed by atoms with E-state index in [4.69, 9.17) is 5.73 Å². The van der Waals surface area contributed by atoms with Crippen LogP contribution in [0.2, 0.25) is 0 Å². The lowest BCUT2D eigenvalue weighted by Crippen LogP contribution is -1.91. The topological polar surface area (TPSA) is 54.7 Å². The molecule has 0 bridgehead atoms. The molecule has 0 amide bonds. The fraction of sp³-hybridized carbons (Fsp3) is 0.182. The van der Waals surface area contributed by atoms with Gasteiger partial charge in [0.15, 0.2) is 0 Å². The molecule has 0 fully saturated rings. The molecule has 0 unspecified atom stereocenters. The van der Waals surface area contributed by atoms with Gasteiger partial charge in [-0.2, -0.15) is 5.10 Å². The van der Waals surface area contributed by atoms with E-state index < -0.39 is 6.67 Å². The molecular weight excluding hydrogens is 193 g/mol. The number of hydrogen-bond donors (Lipinski definition) is 2. The normalized spacial score (nSPS) is 10.5. The van der Waals surface area contributed by atoms with Crippen LogP contribution < -0.4 is 5.73 Å². The van der Waals surface area contributed by atoms with Gasteiger partial charge in [-0.05, 0) is 29.7 Å². The first-order valence-electron chi connectivity index (χ1n) is 4.67. The molecule has 0 aliphatic heterocycles. The van der Waals surface area contributed by atoms with Crippen molar-refractivity contribution in [2.75, 3.05) is 5.73 Å². The minimum absolute atomic E-state index is 0.467. The maximum atomic E-state index is 12.5. The number of anilines is 1. The van der Waals surface area contributed by atoms with Crippen LogP contribution in [0, 0.1) is 6.92 Å². The molecule has 2 rings (SSSR count). The van der Waals surface area contributed by atoms with Crippen LogP contribution in [0.3, 0.4) is 0 Å². The summed E-state index contributed by atoms with van der Waals surface area (Å²) in [4.78, 5) is 0. The number of rotatable bonds is 2. The third-order valence-electron chi connectivity index (χ3n) is 2.42. The van der Waals surface area contributed by atoms with Crippen molar-refractivity contribution in [2.45, 2.75) is 13.6 Å². The van der Waals surface area contributed by atoms with Crippen LogP contribution in [0.5, 0.6) is 0 Å². The zero-order chi connectivity index (χ0) is 10.8. The van der Waals surface area contributed by atoms with Crippen LogP contribution in [0.1, 0.15) is 11.1 Å². The third kappa shape index (κ3) is 1.70. The van der Waals surface area contributed by atoms with Gasteiger partial charge in [0.2, 0.25) is 0 Å². The number of H-pyrrole nitrogens is 1. The fourth-order valence-corrected chi connectivity index (χ4v) is 1.55. The van der Waals surface area contributed by atoms with Crippen LogP contribution in [-0.4, -0.2) is 10.2 Å². The number of benzene rings is 1. The lowest BCUT2D eigenvalue weighted by molar-refractivity contribution is 0.485. The summed E-state index contributed by atoms with van der Waals surface area (Å²) < 4.78 is 12.5. The van der Waals surface area contributed by atoms with Crippen molar-refractivity contribution < 1.29 is 4.39 Å². The highest BCUT2D eigenvalue weighted by atomic mass is 19.1. The van der Waals surface area contributed by atoms with E-state index >= 15 is 0 Å². The molecule has 0 saturated heterocycles. The number of nitrogen functional groups attached to an aromatic ring is 1. The van der Waals surface area contributed by atoms with Crippen molar-refractivity contribution in [3.8, 4) is 11.1 Å². The van der Waals surface area contributed by atoms with Crippen LogP contribution in [0.25, 0.3) is 11.1 Å². The summed E-state index contributed by atoms with van der Waals surface area (Å²) in [5.41, 5.74) is 9.18. The SMILES string of the molecule is Cc1ccc(CF)cc1-c1cn[nH]c1N. The lowest BCUT2D eigenvalue weighted by atomic mass is 10.0. The number of hydrogen-bond acceptors (Lipinski definition) is 2. The van der Waals surface area contributed by atoms with Crippen molar-refractivity contribution in [1.82, 2.24) is 10.2 Å². The van der Waals surface area contributed by atoms with Crippen molar-refractivity contribution in [2.24, 2.45) is 0 Å². The first-order chi connectivity index (χ1) is 7.22. The summed E-state index contributed by atoms with van der Waals surface area (Å²) in [6.45, 7) is 1.49. The second-order valence-corrected chi connectivity index (χ2v) is 3.48. The van der Waals surface area contributed by atoms with Crippen molar-refractivity contribution >= 4 is 5.82 Å². The molecule has 0 aliphatic rings. The highest BCUT2D eigenvalue weighted by Crippen LogP contribution is 2.28. The Morgan fingerprint density at radius 2 is 2.20 bits per heavy atom. The zero-order valence-corrected chi connectivity index (χ0v) is 8.42. The zero-order valence-electron chi connectivity index (χ0n) is 8.42. The van der Waals surface area contributed by atoms with E-state index in [1.54, 1.807) is 18.3 Å². The molecule has 1 heterocycles. The molecule has 3 nitrogen and oxygen atoms in total. The van der Waals surface area contributed by atoms with E-state index in [9.17, 15) is 4.39 Å². The molecule has 0 spiro atoms. The summed E-state index contributed by atoms with van der Waals surface area (Å²) in [7, 11) is 0. The molecule has 1 aromatic carbocycles. The average molecular weight is 205 g/mol. The monoisotopic (exact) mass is 205 g/mol. The molecule has 0 saturated carbocycles. The van der Waals surface area contributed by atoms with Crippen LogP contribution in [0.15, 0.2) is 24.4 Å². The molecular formula is C11H12FN3. The Morgan fingerprint density at radius 3 is 2.80 bits per heavy atom. The van der Waals surface area contributed by atoms with E-state index in [2.05, 4.69) is 10.2 Å². The largest absolute Gasteiger partial charge is 0.384 e. The van der Waals surface area contributed by atoms with Crippen LogP contribution in [0.4, 0.5) is 10.2 Å². The standard InChI is InChI=1S/C11H12FN3/c1-7-2-3-8(5-12)4-9(7)10-6-14-15-11(10)13/h2-4,6H,5H2,1H3,(H3,13,14,15). The number of nitrogens with two attached hydrogens (primary N) is 1. The quantitative estimate of drug-likeness (QED) is 0.791. The van der Waals surface area contributed by atoms with Crippen molar-refractivity contribution in [1.29, 1.82) is 0 Å². The van der Waals surface area contributed by atoms with Crippen LogP contribution in [-0.2, 0) is 6.67 Å². The van der Waals surface area contributed by atoms with Gasteiger partial charge in [-0.3, -0.25) is 5.10 Å². The van der Waals surface area contributed by atoms with Gasteiger partial charge in [-0.15, -0.1) is 0 Å². The van der Waals surface area contributed by atoms with Gasteiger partial charge in [0, 0.05) is 5.56 Å². The molecule has 3 N–H and O–H groups in total. The number of nitrogens with one attached hydrogen (secondary N) is 1. The Hall–Kier alpha value is -1.84. The highest BCUT2D eigenvalue weighted by molar-refractivity contribution is 5.75. The summed E-state index contributed by atoms with van der Waals surface area (Å²) in [6, 6.07) is 5.46. The summed E-state index contributed by atoms with van der Waals surface area (Å²) in [6.07, 6.45) is 1.65. The minimum Gasteiger partial charge on any atom is -0.384 e. The summed E-state index contributed by atoms with van der Waals surface area (Å²) in [5, 5.41) is 6.52. The van der Waals surface area contributed by atoms with E-state index in [1.807, 2.05) is 13.0 Å². The third-order valence-corrected chi connectivity index (χ3v) is 2.42. The fourth-order valence-electron chi connectivity index (χ4n) is 1.55. The molecule has 15 heavy (non-hydrogen) atoms. The molecule has 1 aromatic heterocycles. The number of nitrogens with zero attached hydrogens (tertiary/aromatic N) is 1. The number of alkyl halides is 1. The summed E-state index contributed by atoms with van der Waals surface area (Å²) >= 11 is 0.